The summed E-state index contributed by atoms with van der Waals surface area (Å²) in [7, 11) is 0. The monoisotopic (exact) mass is 2160 g/mol. The summed E-state index contributed by atoms with van der Waals surface area (Å²) >= 11 is 17.3. The fraction of sp³-hybridized carbons (Fsp3) is 0.261. The van der Waals surface area contributed by atoms with Crippen molar-refractivity contribution in [3.8, 4) is 54.9 Å². The van der Waals surface area contributed by atoms with Crippen LogP contribution in [0.15, 0.2) is 247 Å². The van der Waals surface area contributed by atoms with E-state index in [4.69, 9.17) is 52.7 Å². The van der Waals surface area contributed by atoms with Gasteiger partial charge < -0.3 is 38.0 Å². The quantitative estimate of drug-likeness (QED) is 0.00353. The summed E-state index contributed by atoms with van der Waals surface area (Å²) in [5, 5.41) is 87.8. The molecule has 14 aromatic rings. The number of halogens is 2. The number of anilines is 4. The van der Waals surface area contributed by atoms with E-state index in [1.165, 1.54) is 89.9 Å². The topological polar surface area (TPSA) is 419 Å². The first-order chi connectivity index (χ1) is 70.7. The van der Waals surface area contributed by atoms with Gasteiger partial charge in [0.15, 0.2) is 5.11 Å². The highest BCUT2D eigenvalue weighted by molar-refractivity contribution is 14.1. The second-order valence-corrected chi connectivity index (χ2v) is 38.7. The molecule has 0 saturated carbocycles. The van der Waals surface area contributed by atoms with Crippen LogP contribution in [0, 0.1) is 63.9 Å². The van der Waals surface area contributed by atoms with E-state index in [1.807, 2.05) is 145 Å². The van der Waals surface area contributed by atoms with Crippen molar-refractivity contribution in [3.05, 3.63) is 355 Å². The first kappa shape index (κ1) is 114. The van der Waals surface area contributed by atoms with Crippen LogP contribution >= 0.6 is 91.8 Å². The van der Waals surface area contributed by atoms with Gasteiger partial charge in [0.1, 0.15) is 29.4 Å². The number of nitriles is 1. The van der Waals surface area contributed by atoms with Crippen molar-refractivity contribution in [1.82, 2.24) is 76.8 Å². The highest BCUT2D eigenvalue weighted by atomic mass is 127. The Hall–Kier alpha value is -14.5. The number of nitrogens with two attached hydrogens (primary N) is 3. The number of nitrogens with one attached hydrogen (secondary N) is 4. The third kappa shape index (κ3) is 46.6. The van der Waals surface area contributed by atoms with Crippen LogP contribution in [0.1, 0.15) is 188 Å². The lowest BCUT2D eigenvalue weighted by molar-refractivity contribution is -0.116. The third-order valence-corrected chi connectivity index (χ3v) is 24.9. The fourth-order valence-electron chi connectivity index (χ4n) is 14.0. The Morgan fingerprint density at radius 3 is 1.12 bits per heavy atom. The Balaban J connectivity index is 0.000000198. The van der Waals surface area contributed by atoms with E-state index in [9.17, 15) is 19.2 Å². The maximum atomic E-state index is 12.2. The molecule has 7 aromatic heterocycles. The summed E-state index contributed by atoms with van der Waals surface area (Å²) in [6, 6.07) is 78.3. The molecule has 742 valence electrons. The van der Waals surface area contributed by atoms with Gasteiger partial charge in [-0.25, -0.2) is 5.84 Å². The Kier molecular flexibility index (Phi) is 52.8. The van der Waals surface area contributed by atoms with Gasteiger partial charge >= 0.3 is 0 Å². The Morgan fingerprint density at radius 2 is 0.752 bits per heavy atom. The van der Waals surface area contributed by atoms with E-state index in [2.05, 4.69) is 273 Å². The molecule has 27 nitrogen and oxygen atoms in total. The minimum absolute atomic E-state index is 0.0682. The number of nitrogen functional groups attached to an aromatic ring is 1. The van der Waals surface area contributed by atoms with E-state index in [1.54, 1.807) is 6.92 Å². The van der Waals surface area contributed by atoms with E-state index >= 15 is 0 Å². The number of benzene rings is 7. The van der Waals surface area contributed by atoms with Crippen molar-refractivity contribution in [2.45, 2.75) is 180 Å². The minimum Gasteiger partial charge on any atom is -0.397 e. The van der Waals surface area contributed by atoms with Crippen LogP contribution < -0.4 is 38.7 Å². The Bertz CT molecular complexity index is 6690. The van der Waals surface area contributed by atoms with E-state index in [0.717, 1.165) is 216 Å². The van der Waals surface area contributed by atoms with E-state index in [-0.39, 0.29) is 34.7 Å². The molecule has 17 rings (SSSR count). The number of allylic oxidation sites excluding steroid dienone is 3. The molecule has 0 bridgehead atoms. The Labute approximate surface area is 887 Å². The number of fused-ring (bicyclic) bond motifs is 3. The standard InChI is InChI=1S/C29H29N5OS.C29H25N5OS.C15H15N3OS.C14H11IN2.C8H7ClO.C7H9N3S.C6H7N.C2H6O.CH5N3S/c2*35-27(19-22-12-6-2-7-13-22)30-29-34-33-28(36-29)15-9-3-8-14-25-20-24-17-23(18-26(24)32-31-25)16-21-10-4-1-5-11-21;1-2-3-5-10-14-17-18-15(20-14)16-13(19)11-12-8-6-4-7-9-12;15-14-9-12-7-11(8-13(12)16-17-14)6-10-4-2-1-3-5-10;9-8(10)6-7-4-2-1-3-5-7;1-2-3-4-5-6-9-10-7(8)11-6;1-2-3-4-5-6-7;1-2-3;2-1(5)4-3/h1-2,4-7,10-13,17,20H,3,8-9,14-16,18-19H2,(H,30,34,35);1-2,4-7,10-13,17,20H,3,9,15-16,18-19H2,(H,30,34,35);1,4,6-9H,3,5,10-11H2,(H,16,18,19);1-5,7,9H,6,8H2;1-5H,6H2;1H,3-5H2,(H2,8,10);1H,3-5H2;3H,2H2,1H3;3H2,(H3,2,4,5). The second-order valence-electron chi connectivity index (χ2n) is 32.4. The third-order valence-electron chi connectivity index (χ3n) is 20.7. The molecule has 34 heteroatoms. The molecule has 0 aliphatic heterocycles. The van der Waals surface area contributed by atoms with E-state index < -0.39 is 0 Å². The highest BCUT2D eigenvalue weighted by Crippen LogP contribution is 2.31. The lowest BCUT2D eigenvalue weighted by atomic mass is 10.0. The second kappa shape index (κ2) is 67.1. The van der Waals surface area contributed by atoms with E-state index in [0.29, 0.717) is 58.3 Å². The van der Waals surface area contributed by atoms with Gasteiger partial charge in [-0.15, -0.1) is 88.0 Å². The predicted octanol–water partition coefficient (Wildman–Crippen LogP) is 19.7. The van der Waals surface area contributed by atoms with Gasteiger partial charge in [0, 0.05) is 101 Å². The van der Waals surface area contributed by atoms with Crippen LogP contribution in [0.2, 0.25) is 0 Å². The highest BCUT2D eigenvalue weighted by Gasteiger charge is 2.21. The molecule has 3 aliphatic rings. The molecule has 0 saturated heterocycles. The number of hydrogen-bond acceptors (Lipinski definition) is 27. The first-order valence-electron chi connectivity index (χ1n) is 47.0. The average Bonchev–Trinajstić information content (AvgIpc) is 1.68. The molecule has 11 N–H and O–H groups in total. The number of terminal acetylenes is 3. The van der Waals surface area contributed by atoms with Gasteiger partial charge in [0.2, 0.25) is 43.5 Å². The smallest absolute Gasteiger partial charge is 0.230 e. The number of thiocarbonyl (C=S) groups is 1. The lowest BCUT2D eigenvalue weighted by Gasteiger charge is -2.03. The van der Waals surface area contributed by atoms with Gasteiger partial charge in [-0.3, -0.25) is 19.2 Å². The number of amides is 3. The Morgan fingerprint density at radius 1 is 0.421 bits per heavy atom. The van der Waals surface area contributed by atoms with Crippen molar-refractivity contribution in [2.75, 3.05) is 28.3 Å². The molecule has 3 aliphatic carbocycles. The molecule has 3 amide bonds. The van der Waals surface area contributed by atoms with Crippen molar-refractivity contribution >= 4 is 159 Å². The van der Waals surface area contributed by atoms with Crippen LogP contribution in [-0.2, 0) is 115 Å². The van der Waals surface area contributed by atoms with Crippen molar-refractivity contribution in [3.63, 3.8) is 0 Å². The number of aliphatic hydroxyl groups is 1. The van der Waals surface area contributed by atoms with Crippen LogP contribution in [0.25, 0.3) is 18.2 Å². The number of aryl methyl sites for hydroxylation is 5. The number of aromatic nitrogens is 14. The summed E-state index contributed by atoms with van der Waals surface area (Å²) in [5.74, 6) is 18.4. The SMILES string of the molecule is C#CCCCC#N.C#CCCCc1nnc(N)s1.C#CCCCc1nnc(NC(=O)Cc2ccccc2)s1.CCO.Ic1cc2c(nn1)CC(Cc1ccccc1)=C2.NNC(N)=S.O=C(Cc1ccccc1)Nc1nnc(CCCC#Cc2cc3c(nn2)CC(Cc2ccccc2)=C3)s1.O=C(Cc1ccccc1)Nc1nnc(CCCCCc2cc3c(nn2)CC(Cc2ccccc2)=C3)s1.O=C(Cl)Cc1ccccc1. The molecular formula is C111H114ClIN22O5S5. The maximum Gasteiger partial charge on any atom is 0.230 e. The number of hydrazine groups is 1. The van der Waals surface area contributed by atoms with Crippen molar-refractivity contribution in [2.24, 2.45) is 11.6 Å². The van der Waals surface area contributed by atoms with Crippen LogP contribution in [0.5, 0.6) is 0 Å². The number of carbonyl (C=O) groups excluding carboxylic acids is 4. The molecule has 7 aromatic carbocycles. The number of rotatable bonds is 34. The zero-order valence-electron chi connectivity index (χ0n) is 80.5. The lowest BCUT2D eigenvalue weighted by Crippen LogP contribution is -2.34. The average molecular weight is 2160 g/mol. The number of nitrogens with zero attached hydrogens (tertiary/aromatic N) is 15. The number of carbonyl (C=O) groups is 4. The number of unbranched alkanes of at least 4 members (excludes halogenated alkanes) is 7. The zero-order valence-corrected chi connectivity index (χ0v) is 87.5. The summed E-state index contributed by atoms with van der Waals surface area (Å²) in [4.78, 5) is 46.6. The van der Waals surface area contributed by atoms with Crippen LogP contribution in [-0.4, -0.2) is 111 Å². The van der Waals surface area contributed by atoms with Crippen LogP contribution in [0.4, 0.5) is 20.5 Å². The molecule has 0 spiro atoms. The molecular weight excluding hydrogens is 2040 g/mol. The van der Waals surface area contributed by atoms with Gasteiger partial charge in [-0.1, -0.05) is 305 Å². The number of hydrogen-bond donors (Lipinski definition) is 8. The molecule has 0 atom stereocenters. The largest absolute Gasteiger partial charge is 0.397 e. The molecule has 145 heavy (non-hydrogen) atoms. The first-order valence-corrected chi connectivity index (χ1v) is 52.1. The summed E-state index contributed by atoms with van der Waals surface area (Å²) in [6.45, 7) is 1.93. The summed E-state index contributed by atoms with van der Waals surface area (Å²) in [6.07, 6.45) is 43.4. The predicted molar refractivity (Wildman–Crippen MR) is 595 cm³/mol. The molecule has 0 fully saturated rings. The molecule has 0 radical (unpaired) electrons. The van der Waals surface area contributed by atoms with Gasteiger partial charge in [-0.05, 0) is 186 Å². The van der Waals surface area contributed by atoms with Gasteiger partial charge in [0.05, 0.1) is 48.1 Å². The van der Waals surface area contributed by atoms with Crippen molar-refractivity contribution < 1.29 is 24.3 Å². The van der Waals surface area contributed by atoms with Crippen LogP contribution in [0.3, 0.4) is 0 Å². The van der Waals surface area contributed by atoms with Crippen molar-refractivity contribution in [1.29, 1.82) is 5.26 Å². The number of aliphatic hydroxyl groups excluding tert-OH is 1. The normalized spacial score (nSPS) is 10.9. The fourth-order valence-corrected chi connectivity index (χ4v) is 17.7. The summed E-state index contributed by atoms with van der Waals surface area (Å²) in [5.41, 5.74) is 32.8. The minimum atomic E-state index is -0.314. The zero-order chi connectivity index (χ0) is 103. The summed E-state index contributed by atoms with van der Waals surface area (Å²) < 4.78 is 0.957. The van der Waals surface area contributed by atoms with Gasteiger partial charge in [0.25, 0.3) is 0 Å². The molecule has 7 heterocycles. The van der Waals surface area contributed by atoms with Gasteiger partial charge in [-0.2, -0.15) is 25.7 Å². The molecule has 0 unspecified atom stereocenters. The maximum absolute atomic E-state index is 12.2.